The molecule has 2 aliphatic carbocycles. The summed E-state index contributed by atoms with van der Waals surface area (Å²) >= 11 is 0. The maximum Gasteiger partial charge on any atom is 0.320 e. The Morgan fingerprint density at radius 2 is 1.09 bits per heavy atom. The van der Waals surface area contributed by atoms with Crippen molar-refractivity contribution < 1.29 is 19.4 Å². The van der Waals surface area contributed by atoms with Crippen molar-refractivity contribution >= 4 is 11.9 Å². The Bertz CT molecular complexity index is 1200. The number of rotatable bonds is 11. The van der Waals surface area contributed by atoms with Gasteiger partial charge in [0.2, 0.25) is 0 Å². The summed E-state index contributed by atoms with van der Waals surface area (Å²) in [5.74, 6) is -1.44. The van der Waals surface area contributed by atoms with Crippen LogP contribution in [-0.4, -0.2) is 40.8 Å². The zero-order valence-corrected chi connectivity index (χ0v) is 28.0. The minimum Gasteiger partial charge on any atom is -0.480 e. The maximum absolute atomic E-state index is 12.4. The summed E-state index contributed by atoms with van der Waals surface area (Å²) in [4.78, 5) is 24.7. The highest BCUT2D eigenvalue weighted by Gasteiger charge is 2.40. The Morgan fingerprint density at radius 3 is 1.43 bits per heavy atom. The average molecular weight is 627 g/mol. The van der Waals surface area contributed by atoms with Crippen LogP contribution < -0.4 is 10.6 Å². The number of benzene rings is 3. The predicted molar refractivity (Wildman–Crippen MR) is 186 cm³/mol. The van der Waals surface area contributed by atoms with Crippen molar-refractivity contribution in [3.05, 3.63) is 108 Å². The molecule has 0 aliphatic heterocycles. The summed E-state index contributed by atoms with van der Waals surface area (Å²) in [7, 11) is 0. The van der Waals surface area contributed by atoms with Crippen molar-refractivity contribution in [3.63, 3.8) is 0 Å². The van der Waals surface area contributed by atoms with E-state index in [0.717, 1.165) is 28.8 Å². The van der Waals surface area contributed by atoms with Gasteiger partial charge in [0, 0.05) is 18.5 Å². The van der Waals surface area contributed by atoms with Gasteiger partial charge in [-0.2, -0.15) is 0 Å². The topological polar surface area (TPSA) is 87.7 Å². The van der Waals surface area contributed by atoms with Crippen LogP contribution in [0.5, 0.6) is 0 Å². The lowest BCUT2D eigenvalue weighted by Gasteiger charge is -2.39. The predicted octanol–water partition coefficient (Wildman–Crippen LogP) is 8.38. The number of carbonyl (C=O) groups excluding carboxylic acids is 1. The largest absolute Gasteiger partial charge is 0.480 e. The van der Waals surface area contributed by atoms with Crippen molar-refractivity contribution in [1.82, 2.24) is 10.6 Å². The Balaban J connectivity index is 0.000000305. The van der Waals surface area contributed by atoms with Gasteiger partial charge in [0.1, 0.15) is 11.6 Å². The van der Waals surface area contributed by atoms with E-state index in [9.17, 15) is 14.7 Å². The molecule has 3 aromatic rings. The van der Waals surface area contributed by atoms with E-state index in [-0.39, 0.29) is 12.8 Å². The molecule has 46 heavy (non-hydrogen) atoms. The fourth-order valence-corrected chi connectivity index (χ4v) is 6.86. The van der Waals surface area contributed by atoms with Gasteiger partial charge in [0.15, 0.2) is 0 Å². The molecule has 3 N–H and O–H groups in total. The number of carboxylic acid groups (broad SMARTS) is 1. The minimum atomic E-state index is -1.02. The second kappa shape index (κ2) is 17.4. The molecule has 3 aromatic carbocycles. The number of hydrogen-bond acceptors (Lipinski definition) is 5. The number of aliphatic carboxylic acids is 1. The van der Waals surface area contributed by atoms with Gasteiger partial charge in [-0.1, -0.05) is 130 Å². The van der Waals surface area contributed by atoms with Crippen molar-refractivity contribution in [2.45, 2.75) is 127 Å². The molecule has 1 atom stereocenters. The highest BCUT2D eigenvalue weighted by atomic mass is 16.6. The van der Waals surface area contributed by atoms with Gasteiger partial charge in [0.25, 0.3) is 0 Å². The first-order valence-electron chi connectivity index (χ1n) is 17.3. The van der Waals surface area contributed by atoms with Gasteiger partial charge in [0.05, 0.1) is 5.54 Å². The number of carboxylic acids is 1. The summed E-state index contributed by atoms with van der Waals surface area (Å²) in [5, 5.41) is 17.4. The van der Waals surface area contributed by atoms with Crippen molar-refractivity contribution in [2.75, 3.05) is 0 Å². The van der Waals surface area contributed by atoms with Crippen LogP contribution in [0.25, 0.3) is 0 Å². The van der Waals surface area contributed by atoms with Gasteiger partial charge < -0.3 is 15.2 Å². The smallest absolute Gasteiger partial charge is 0.320 e. The van der Waals surface area contributed by atoms with Crippen LogP contribution in [0.1, 0.15) is 115 Å². The first-order chi connectivity index (χ1) is 22.2. The van der Waals surface area contributed by atoms with Crippen LogP contribution in [0, 0.1) is 0 Å². The number of esters is 1. The third kappa shape index (κ3) is 10.5. The second-order valence-electron chi connectivity index (χ2n) is 13.8. The molecule has 248 valence electrons. The van der Waals surface area contributed by atoms with Crippen molar-refractivity contribution in [1.29, 1.82) is 0 Å². The van der Waals surface area contributed by atoms with Crippen LogP contribution in [0.15, 0.2) is 91.0 Å². The molecule has 0 aromatic heterocycles. The molecule has 0 amide bonds. The van der Waals surface area contributed by atoms with Gasteiger partial charge in [-0.25, -0.2) is 0 Å². The minimum absolute atomic E-state index is 0.00428. The van der Waals surface area contributed by atoms with Crippen LogP contribution in [0.3, 0.4) is 0 Å². The van der Waals surface area contributed by atoms with Crippen LogP contribution >= 0.6 is 0 Å². The average Bonchev–Trinajstić information content (AvgIpc) is 3.06. The molecule has 0 saturated heterocycles. The molecule has 2 aliphatic rings. The molecule has 2 fully saturated rings. The van der Waals surface area contributed by atoms with E-state index in [1.165, 1.54) is 64.2 Å². The van der Waals surface area contributed by atoms with E-state index in [1.807, 2.05) is 91.0 Å². The van der Waals surface area contributed by atoms with Crippen molar-refractivity contribution in [2.24, 2.45) is 0 Å². The molecule has 2 saturated carbocycles. The summed E-state index contributed by atoms with van der Waals surface area (Å²) in [6.07, 6.45) is 14.7. The Kier molecular flexibility index (Phi) is 13.4. The highest BCUT2D eigenvalue weighted by molar-refractivity contribution is 5.76. The Labute approximate surface area is 276 Å². The lowest BCUT2D eigenvalue weighted by Crippen LogP contribution is -2.52. The SMILES string of the molecule is C1CCC(NC2CCCCC2)CC1.CC(C)(C)OC(=O)CCC(NC(c1ccccc1)(c1ccccc1)c1ccccc1)C(=O)O. The third-order valence-electron chi connectivity index (χ3n) is 9.05. The normalized spacial score (nSPS) is 16.9. The Morgan fingerprint density at radius 1 is 0.696 bits per heavy atom. The number of hydrogen-bond donors (Lipinski definition) is 3. The molecule has 6 nitrogen and oxygen atoms in total. The van der Waals surface area contributed by atoms with Gasteiger partial charge in [-0.05, 0) is 69.6 Å². The lowest BCUT2D eigenvalue weighted by molar-refractivity contribution is -0.155. The molecule has 0 spiro atoms. The van der Waals surface area contributed by atoms with Crippen LogP contribution in [-0.2, 0) is 19.9 Å². The fourth-order valence-electron chi connectivity index (χ4n) is 6.86. The molecule has 0 radical (unpaired) electrons. The zero-order valence-electron chi connectivity index (χ0n) is 28.0. The van der Waals surface area contributed by atoms with E-state index in [0.29, 0.717) is 0 Å². The van der Waals surface area contributed by atoms with E-state index < -0.39 is 29.1 Å². The number of ether oxygens (including phenoxy) is 1. The van der Waals surface area contributed by atoms with Gasteiger partial charge in [-0.3, -0.25) is 14.9 Å². The second-order valence-corrected chi connectivity index (χ2v) is 13.8. The molecule has 0 heterocycles. The summed E-state index contributed by atoms with van der Waals surface area (Å²) < 4.78 is 5.39. The summed E-state index contributed by atoms with van der Waals surface area (Å²) in [6, 6.07) is 30.1. The molecule has 6 heteroatoms. The van der Waals surface area contributed by atoms with Gasteiger partial charge in [-0.15, -0.1) is 0 Å². The first kappa shape index (κ1) is 35.4. The molecule has 5 rings (SSSR count). The molecular weight excluding hydrogens is 572 g/mol. The van der Waals surface area contributed by atoms with E-state index >= 15 is 0 Å². The van der Waals surface area contributed by atoms with Crippen LogP contribution in [0.4, 0.5) is 0 Å². The van der Waals surface area contributed by atoms with Crippen molar-refractivity contribution in [3.8, 4) is 0 Å². The Hall–Kier alpha value is -3.48. The highest BCUT2D eigenvalue weighted by Crippen LogP contribution is 2.37. The molecule has 0 bridgehead atoms. The first-order valence-corrected chi connectivity index (χ1v) is 17.3. The number of nitrogens with one attached hydrogen (secondary N) is 2. The van der Waals surface area contributed by atoms with E-state index in [2.05, 4.69) is 10.6 Å². The lowest BCUT2D eigenvalue weighted by atomic mass is 9.76. The quantitative estimate of drug-likeness (QED) is 0.146. The summed E-state index contributed by atoms with van der Waals surface area (Å²) in [6.45, 7) is 5.38. The maximum atomic E-state index is 12.4. The van der Waals surface area contributed by atoms with Crippen LogP contribution in [0.2, 0.25) is 0 Å². The number of carbonyl (C=O) groups is 2. The molecular formula is C40H54N2O4. The summed E-state index contributed by atoms with van der Waals surface area (Å²) in [5.41, 5.74) is 1.18. The molecule has 1 unspecified atom stereocenters. The monoisotopic (exact) mass is 626 g/mol. The van der Waals surface area contributed by atoms with E-state index in [1.54, 1.807) is 20.8 Å². The van der Waals surface area contributed by atoms with Gasteiger partial charge >= 0.3 is 11.9 Å². The third-order valence-corrected chi connectivity index (χ3v) is 9.05. The standard InChI is InChI=1S/C28H31NO4.C12H23N/c1-27(2,3)33-25(30)20-19-24(26(31)32)29-28(21-13-7-4-8-14-21,22-15-9-5-10-16-22)23-17-11-6-12-18-23;1-3-7-11(8-4-1)13-12-9-5-2-6-10-12/h4-18,24,29H,19-20H2,1-3H3,(H,31,32);11-13H,1-10H2. The fraction of sp³-hybridized carbons (Fsp3) is 0.500. The zero-order chi connectivity index (χ0) is 32.8. The van der Waals surface area contributed by atoms with E-state index in [4.69, 9.17) is 4.74 Å².